The summed E-state index contributed by atoms with van der Waals surface area (Å²) in [5.41, 5.74) is 1.87. The number of nitrogens with one attached hydrogen (secondary N) is 1. The average molecular weight is 341 g/mol. The summed E-state index contributed by atoms with van der Waals surface area (Å²) >= 11 is 0. The Bertz CT molecular complexity index is 700. The van der Waals surface area contributed by atoms with Gasteiger partial charge in [0.1, 0.15) is 12.4 Å². The molecular formula is C20H23NO4. The van der Waals surface area contributed by atoms with Crippen LogP contribution >= 0.6 is 0 Å². The van der Waals surface area contributed by atoms with Crippen molar-refractivity contribution in [2.45, 2.75) is 32.4 Å². The van der Waals surface area contributed by atoms with E-state index in [0.717, 1.165) is 11.1 Å². The molecule has 0 aromatic heterocycles. The zero-order valence-electron chi connectivity index (χ0n) is 14.5. The zero-order chi connectivity index (χ0) is 18.1. The number of methoxy groups -OCH3 is 1. The third-order valence-corrected chi connectivity index (χ3v) is 3.77. The minimum atomic E-state index is -0.398. The summed E-state index contributed by atoms with van der Waals surface area (Å²) in [4.78, 5) is 23.8. The maximum Gasteiger partial charge on any atom is 0.306 e. The van der Waals surface area contributed by atoms with E-state index in [1.807, 2.05) is 61.5 Å². The second-order valence-electron chi connectivity index (χ2n) is 5.71. The van der Waals surface area contributed by atoms with Gasteiger partial charge >= 0.3 is 5.97 Å². The fourth-order valence-electron chi connectivity index (χ4n) is 2.35. The smallest absolute Gasteiger partial charge is 0.306 e. The van der Waals surface area contributed by atoms with Crippen LogP contribution in [0, 0.1) is 0 Å². The van der Waals surface area contributed by atoms with E-state index in [4.69, 9.17) is 9.47 Å². The number of hydrogen-bond donors (Lipinski definition) is 1. The third kappa shape index (κ3) is 6.30. The van der Waals surface area contributed by atoms with Crippen molar-refractivity contribution in [3.05, 3.63) is 65.7 Å². The van der Waals surface area contributed by atoms with Crippen LogP contribution in [0.2, 0.25) is 0 Å². The van der Waals surface area contributed by atoms with Crippen LogP contribution in [0.1, 0.15) is 36.9 Å². The van der Waals surface area contributed by atoms with E-state index in [0.29, 0.717) is 5.75 Å². The quantitative estimate of drug-likeness (QED) is 0.748. The van der Waals surface area contributed by atoms with Gasteiger partial charge in [-0.1, -0.05) is 42.5 Å². The summed E-state index contributed by atoms with van der Waals surface area (Å²) in [6.07, 6.45) is 0.158. The molecule has 0 aliphatic rings. The molecule has 5 heteroatoms. The molecule has 2 aromatic rings. The second-order valence-corrected chi connectivity index (χ2v) is 5.71. The predicted octanol–water partition coefficient (Wildman–Crippen LogP) is 3.40. The van der Waals surface area contributed by atoms with Crippen molar-refractivity contribution in [2.24, 2.45) is 0 Å². The van der Waals surface area contributed by atoms with Crippen LogP contribution in [-0.4, -0.2) is 19.0 Å². The average Bonchev–Trinajstić information content (AvgIpc) is 2.65. The lowest BCUT2D eigenvalue weighted by Crippen LogP contribution is -2.27. The molecule has 1 atom stereocenters. The molecule has 1 N–H and O–H groups in total. The van der Waals surface area contributed by atoms with Gasteiger partial charge in [0.2, 0.25) is 5.91 Å². The van der Waals surface area contributed by atoms with E-state index < -0.39 is 5.97 Å². The minimum absolute atomic E-state index is 0.0529. The lowest BCUT2D eigenvalue weighted by Gasteiger charge is -2.14. The molecule has 0 radical (unpaired) electrons. The van der Waals surface area contributed by atoms with Crippen LogP contribution in [0.3, 0.4) is 0 Å². The van der Waals surface area contributed by atoms with E-state index in [9.17, 15) is 9.59 Å². The fraction of sp³-hybridized carbons (Fsp3) is 0.300. The molecule has 5 nitrogen and oxygen atoms in total. The molecular weight excluding hydrogens is 318 g/mol. The molecule has 0 fully saturated rings. The molecule has 25 heavy (non-hydrogen) atoms. The van der Waals surface area contributed by atoms with Crippen molar-refractivity contribution in [1.82, 2.24) is 5.32 Å². The Hall–Kier alpha value is -2.82. The van der Waals surface area contributed by atoms with E-state index >= 15 is 0 Å². The maximum atomic E-state index is 12.0. The van der Waals surface area contributed by atoms with Gasteiger partial charge in [0.15, 0.2) is 0 Å². The molecule has 0 unspecified atom stereocenters. The number of carbonyl (C=O) groups is 2. The highest BCUT2D eigenvalue weighted by molar-refractivity contribution is 5.81. The number of rotatable bonds is 8. The van der Waals surface area contributed by atoms with Gasteiger partial charge in [-0.15, -0.1) is 0 Å². The number of benzene rings is 2. The molecule has 132 valence electrons. The van der Waals surface area contributed by atoms with Crippen LogP contribution in [-0.2, 0) is 20.9 Å². The Morgan fingerprint density at radius 2 is 1.80 bits per heavy atom. The monoisotopic (exact) mass is 341 g/mol. The predicted molar refractivity (Wildman–Crippen MR) is 95.0 cm³/mol. The SMILES string of the molecule is COc1cccc(COC(=O)CCC(=O)N[C@H](C)c2ccccc2)c1. The fourth-order valence-corrected chi connectivity index (χ4v) is 2.35. The molecule has 0 saturated carbocycles. The summed E-state index contributed by atoms with van der Waals surface area (Å²) in [6, 6.07) is 16.9. The van der Waals surface area contributed by atoms with Crippen LogP contribution in [0.25, 0.3) is 0 Å². The molecule has 0 aliphatic heterocycles. The molecule has 0 heterocycles. The van der Waals surface area contributed by atoms with Crippen LogP contribution < -0.4 is 10.1 Å². The number of ether oxygens (including phenoxy) is 2. The lowest BCUT2D eigenvalue weighted by atomic mass is 10.1. The molecule has 0 spiro atoms. The lowest BCUT2D eigenvalue weighted by molar-refractivity contribution is -0.146. The molecule has 2 aromatic carbocycles. The highest BCUT2D eigenvalue weighted by atomic mass is 16.5. The first-order valence-corrected chi connectivity index (χ1v) is 8.21. The van der Waals surface area contributed by atoms with Gasteiger partial charge in [0, 0.05) is 6.42 Å². The van der Waals surface area contributed by atoms with Crippen LogP contribution in [0.5, 0.6) is 5.75 Å². The molecule has 0 aliphatic carbocycles. The van der Waals surface area contributed by atoms with Gasteiger partial charge in [-0.3, -0.25) is 9.59 Å². The van der Waals surface area contributed by atoms with Crippen molar-refractivity contribution in [1.29, 1.82) is 0 Å². The van der Waals surface area contributed by atoms with Gasteiger partial charge < -0.3 is 14.8 Å². The van der Waals surface area contributed by atoms with Gasteiger partial charge in [-0.2, -0.15) is 0 Å². The minimum Gasteiger partial charge on any atom is -0.497 e. The van der Waals surface area contributed by atoms with Crippen molar-refractivity contribution >= 4 is 11.9 Å². The Morgan fingerprint density at radius 3 is 2.52 bits per heavy atom. The van der Waals surface area contributed by atoms with Crippen molar-refractivity contribution in [3.63, 3.8) is 0 Å². The largest absolute Gasteiger partial charge is 0.497 e. The summed E-state index contributed by atoms with van der Waals surface area (Å²) in [6.45, 7) is 2.08. The Morgan fingerprint density at radius 1 is 1.04 bits per heavy atom. The summed E-state index contributed by atoms with van der Waals surface area (Å²) in [7, 11) is 1.58. The number of esters is 1. The van der Waals surface area contributed by atoms with Crippen molar-refractivity contribution < 1.29 is 19.1 Å². The third-order valence-electron chi connectivity index (χ3n) is 3.77. The van der Waals surface area contributed by atoms with Gasteiger partial charge in [0.05, 0.1) is 19.6 Å². The van der Waals surface area contributed by atoms with E-state index in [1.165, 1.54) is 0 Å². The Labute approximate surface area is 148 Å². The standard InChI is InChI=1S/C20H23NO4/c1-15(17-8-4-3-5-9-17)21-19(22)11-12-20(23)25-14-16-7-6-10-18(13-16)24-2/h3-10,13,15H,11-12,14H2,1-2H3,(H,21,22)/t15-/m1/s1. The first-order valence-electron chi connectivity index (χ1n) is 8.21. The topological polar surface area (TPSA) is 64.6 Å². The van der Waals surface area contributed by atoms with E-state index in [-0.39, 0.29) is 31.4 Å². The molecule has 0 bridgehead atoms. The highest BCUT2D eigenvalue weighted by Gasteiger charge is 2.12. The molecule has 2 rings (SSSR count). The van der Waals surface area contributed by atoms with Gasteiger partial charge in [-0.05, 0) is 30.2 Å². The van der Waals surface area contributed by atoms with Crippen molar-refractivity contribution in [3.8, 4) is 5.75 Å². The second kappa shape index (κ2) is 9.47. The maximum absolute atomic E-state index is 12.0. The molecule has 1 amide bonds. The molecule has 0 saturated heterocycles. The summed E-state index contributed by atoms with van der Waals surface area (Å²) in [5, 5.41) is 2.88. The Balaban J connectivity index is 1.71. The van der Waals surface area contributed by atoms with Crippen LogP contribution in [0.15, 0.2) is 54.6 Å². The number of hydrogen-bond acceptors (Lipinski definition) is 4. The van der Waals surface area contributed by atoms with E-state index in [1.54, 1.807) is 7.11 Å². The summed E-state index contributed by atoms with van der Waals surface area (Å²) in [5.74, 6) is 0.142. The first kappa shape index (κ1) is 18.5. The summed E-state index contributed by atoms with van der Waals surface area (Å²) < 4.78 is 10.3. The van der Waals surface area contributed by atoms with Crippen molar-refractivity contribution in [2.75, 3.05) is 7.11 Å². The highest BCUT2D eigenvalue weighted by Crippen LogP contribution is 2.14. The zero-order valence-corrected chi connectivity index (χ0v) is 14.5. The first-order chi connectivity index (χ1) is 12.1. The van der Waals surface area contributed by atoms with Gasteiger partial charge in [0.25, 0.3) is 0 Å². The van der Waals surface area contributed by atoms with E-state index in [2.05, 4.69) is 5.32 Å². The normalized spacial score (nSPS) is 11.4. The number of carbonyl (C=O) groups excluding carboxylic acids is 2. The van der Waals surface area contributed by atoms with Crippen LogP contribution in [0.4, 0.5) is 0 Å². The number of amides is 1. The van der Waals surface area contributed by atoms with Gasteiger partial charge in [-0.25, -0.2) is 0 Å². The Kier molecular flexibility index (Phi) is 7.01.